The number of aliphatic hydroxyl groups excluding tert-OH is 1. The van der Waals surface area contributed by atoms with Gasteiger partial charge in [-0.15, -0.1) is 0 Å². The van der Waals surface area contributed by atoms with E-state index in [2.05, 4.69) is 0 Å². The number of fused-ring (bicyclic) bond motifs is 1. The summed E-state index contributed by atoms with van der Waals surface area (Å²) in [5, 5.41) is 17.6. The van der Waals surface area contributed by atoms with Crippen LogP contribution in [0.2, 0.25) is 20.1 Å². The zero-order chi connectivity index (χ0) is 16.9. The second-order valence-electron chi connectivity index (χ2n) is 4.51. The monoisotopic (exact) mass is 385 g/mol. The summed E-state index contributed by atoms with van der Waals surface area (Å²) in [7, 11) is 0. The molecule has 6 nitrogen and oxygen atoms in total. The van der Waals surface area contributed by atoms with Crippen molar-refractivity contribution < 1.29 is 24.6 Å². The lowest BCUT2D eigenvalue weighted by Gasteiger charge is -2.24. The summed E-state index contributed by atoms with van der Waals surface area (Å²) in [6.45, 7) is 1.13. The van der Waals surface area contributed by atoms with Crippen molar-refractivity contribution in [1.82, 2.24) is 4.90 Å². The lowest BCUT2D eigenvalue weighted by molar-refractivity contribution is -0.145. The van der Waals surface area contributed by atoms with E-state index < -0.39 is 29.9 Å². The molecule has 2 atom stereocenters. The summed E-state index contributed by atoms with van der Waals surface area (Å²) >= 11 is 23.5. The van der Waals surface area contributed by atoms with E-state index in [1.165, 1.54) is 0 Å². The van der Waals surface area contributed by atoms with Crippen LogP contribution in [0, 0.1) is 0 Å². The molecule has 118 valence electrons. The SMILES string of the molecule is C[C@@H](O)[C@H](C(=O)O)N1C(=O)c2c(Cl)c(Cl)c(Cl)c(Cl)c2C1=O. The van der Waals surface area contributed by atoms with Gasteiger partial charge in [-0.25, -0.2) is 4.79 Å². The molecule has 0 fully saturated rings. The van der Waals surface area contributed by atoms with E-state index in [-0.39, 0.29) is 31.2 Å². The van der Waals surface area contributed by atoms with Gasteiger partial charge in [0.25, 0.3) is 11.8 Å². The van der Waals surface area contributed by atoms with Crippen molar-refractivity contribution >= 4 is 64.2 Å². The molecule has 1 aromatic rings. The molecule has 0 bridgehead atoms. The predicted octanol–water partition coefficient (Wildman–Crippen LogP) is 2.73. The number of carbonyl (C=O) groups is 3. The number of rotatable bonds is 3. The highest BCUT2D eigenvalue weighted by Crippen LogP contribution is 2.45. The molecular formula is C12H7Cl4NO5. The Kier molecular flexibility index (Phi) is 4.61. The average Bonchev–Trinajstić information content (AvgIpc) is 2.67. The predicted molar refractivity (Wildman–Crippen MR) is 80.1 cm³/mol. The van der Waals surface area contributed by atoms with Gasteiger partial charge in [0.1, 0.15) is 0 Å². The van der Waals surface area contributed by atoms with Crippen LogP contribution in [0.15, 0.2) is 0 Å². The minimum atomic E-state index is -1.79. The molecule has 0 radical (unpaired) electrons. The number of imide groups is 1. The first-order valence-corrected chi connectivity index (χ1v) is 7.27. The molecule has 0 saturated heterocycles. The van der Waals surface area contributed by atoms with Gasteiger partial charge in [0.05, 0.1) is 37.3 Å². The Morgan fingerprint density at radius 3 is 1.59 bits per heavy atom. The first-order valence-electron chi connectivity index (χ1n) is 5.75. The molecule has 0 unspecified atom stereocenters. The smallest absolute Gasteiger partial charge is 0.329 e. The first kappa shape index (κ1) is 17.3. The molecule has 22 heavy (non-hydrogen) atoms. The van der Waals surface area contributed by atoms with Gasteiger partial charge in [-0.2, -0.15) is 0 Å². The first-order chi connectivity index (χ1) is 10.1. The molecule has 0 saturated carbocycles. The van der Waals surface area contributed by atoms with Gasteiger partial charge in [0.15, 0.2) is 6.04 Å². The summed E-state index contributed by atoms with van der Waals surface area (Å²) in [5.41, 5.74) is -0.670. The quantitative estimate of drug-likeness (QED) is 0.473. The van der Waals surface area contributed by atoms with E-state index in [1.807, 2.05) is 0 Å². The van der Waals surface area contributed by atoms with Crippen LogP contribution >= 0.6 is 46.4 Å². The fourth-order valence-corrected chi connectivity index (χ4v) is 3.17. The van der Waals surface area contributed by atoms with Crippen LogP contribution in [0.5, 0.6) is 0 Å². The number of amides is 2. The van der Waals surface area contributed by atoms with Crippen molar-refractivity contribution in [3.63, 3.8) is 0 Å². The Labute approximate surface area is 144 Å². The molecule has 0 aliphatic carbocycles. The van der Waals surface area contributed by atoms with Gasteiger partial charge in [-0.3, -0.25) is 14.5 Å². The van der Waals surface area contributed by atoms with Gasteiger partial charge >= 0.3 is 5.97 Å². The van der Waals surface area contributed by atoms with E-state index in [0.717, 1.165) is 6.92 Å². The van der Waals surface area contributed by atoms with E-state index in [1.54, 1.807) is 0 Å². The standard InChI is InChI=1S/C12H7Cl4NO5/c1-2(18)9(12(21)22)17-10(19)3-4(11(17)20)6(14)8(16)7(15)5(3)13/h2,9,18H,1H3,(H,21,22)/t2-,9-/m1/s1. The van der Waals surface area contributed by atoms with Crippen LogP contribution in [0.4, 0.5) is 0 Å². The summed E-state index contributed by atoms with van der Waals surface area (Å²) in [6.07, 6.45) is -1.51. The van der Waals surface area contributed by atoms with Crippen molar-refractivity contribution in [2.75, 3.05) is 0 Å². The van der Waals surface area contributed by atoms with Gasteiger partial charge in [0, 0.05) is 0 Å². The Balaban J connectivity index is 2.71. The molecule has 2 amide bonds. The minimum absolute atomic E-state index is 0.223. The fourth-order valence-electron chi connectivity index (χ4n) is 2.15. The van der Waals surface area contributed by atoms with Crippen LogP contribution in [0.25, 0.3) is 0 Å². The zero-order valence-electron chi connectivity index (χ0n) is 10.7. The fraction of sp³-hybridized carbons (Fsp3) is 0.250. The summed E-state index contributed by atoms with van der Waals surface area (Å²) < 4.78 is 0. The summed E-state index contributed by atoms with van der Waals surface area (Å²) in [5.74, 6) is -3.59. The highest BCUT2D eigenvalue weighted by molar-refractivity contribution is 6.55. The van der Waals surface area contributed by atoms with Crippen LogP contribution in [0.3, 0.4) is 0 Å². The van der Waals surface area contributed by atoms with Crippen LogP contribution < -0.4 is 0 Å². The third-order valence-electron chi connectivity index (χ3n) is 3.12. The second-order valence-corrected chi connectivity index (χ2v) is 6.02. The number of carboxylic acid groups (broad SMARTS) is 1. The number of benzene rings is 1. The Morgan fingerprint density at radius 2 is 1.32 bits per heavy atom. The van der Waals surface area contributed by atoms with Crippen LogP contribution in [-0.4, -0.2) is 45.0 Å². The van der Waals surface area contributed by atoms with Crippen molar-refractivity contribution in [2.45, 2.75) is 19.1 Å². The molecule has 0 aromatic heterocycles. The third-order valence-corrected chi connectivity index (χ3v) is 4.92. The van der Waals surface area contributed by atoms with Crippen LogP contribution in [0.1, 0.15) is 27.6 Å². The number of hydrogen-bond acceptors (Lipinski definition) is 4. The Bertz CT molecular complexity index is 671. The maximum atomic E-state index is 12.4. The van der Waals surface area contributed by atoms with E-state index in [0.29, 0.717) is 4.90 Å². The summed E-state index contributed by atoms with van der Waals surface area (Å²) in [6, 6.07) is -1.79. The normalized spacial score (nSPS) is 16.7. The maximum absolute atomic E-state index is 12.4. The Morgan fingerprint density at radius 1 is 0.955 bits per heavy atom. The van der Waals surface area contributed by atoms with Gasteiger partial charge in [0.2, 0.25) is 0 Å². The molecule has 1 heterocycles. The average molecular weight is 387 g/mol. The van der Waals surface area contributed by atoms with Gasteiger partial charge in [-0.1, -0.05) is 46.4 Å². The van der Waals surface area contributed by atoms with Gasteiger partial charge in [-0.05, 0) is 6.92 Å². The van der Waals surface area contributed by atoms with Crippen LogP contribution in [-0.2, 0) is 4.79 Å². The highest BCUT2D eigenvalue weighted by atomic mass is 35.5. The molecule has 1 aliphatic heterocycles. The molecule has 1 aliphatic rings. The number of halogens is 4. The zero-order valence-corrected chi connectivity index (χ0v) is 13.8. The number of carbonyl (C=O) groups excluding carboxylic acids is 2. The molecule has 1 aromatic carbocycles. The van der Waals surface area contributed by atoms with E-state index >= 15 is 0 Å². The molecule has 10 heteroatoms. The Hall–Kier alpha value is -1.05. The van der Waals surface area contributed by atoms with Crippen molar-refractivity contribution in [1.29, 1.82) is 0 Å². The second kappa shape index (κ2) is 5.86. The lowest BCUT2D eigenvalue weighted by Crippen LogP contribution is -2.50. The lowest BCUT2D eigenvalue weighted by atomic mass is 10.1. The van der Waals surface area contributed by atoms with Crippen molar-refractivity contribution in [3.8, 4) is 0 Å². The largest absolute Gasteiger partial charge is 0.480 e. The molecule has 0 spiro atoms. The number of aliphatic carboxylic acids is 1. The molecule has 2 N–H and O–H groups in total. The molecular weight excluding hydrogens is 380 g/mol. The topological polar surface area (TPSA) is 94.9 Å². The number of nitrogens with zero attached hydrogens (tertiary/aromatic N) is 1. The maximum Gasteiger partial charge on any atom is 0.329 e. The van der Waals surface area contributed by atoms with Crippen molar-refractivity contribution in [2.24, 2.45) is 0 Å². The highest BCUT2D eigenvalue weighted by Gasteiger charge is 2.48. The number of carboxylic acids is 1. The third kappa shape index (κ3) is 2.35. The van der Waals surface area contributed by atoms with Gasteiger partial charge < -0.3 is 10.2 Å². The minimum Gasteiger partial charge on any atom is -0.480 e. The summed E-state index contributed by atoms with van der Waals surface area (Å²) in [4.78, 5) is 36.4. The molecule has 2 rings (SSSR count). The number of aliphatic hydroxyl groups is 1. The number of hydrogen-bond donors (Lipinski definition) is 2. The van der Waals surface area contributed by atoms with E-state index in [9.17, 15) is 19.5 Å². The van der Waals surface area contributed by atoms with E-state index in [4.69, 9.17) is 51.5 Å². The van der Waals surface area contributed by atoms with Crippen molar-refractivity contribution in [3.05, 3.63) is 31.2 Å².